The molecule has 8 heteroatoms. The lowest BCUT2D eigenvalue weighted by Gasteiger charge is -2.07. The number of nitrogens with two attached hydrogens (primary N) is 1. The molecule has 0 radical (unpaired) electrons. The molecule has 0 aromatic heterocycles. The van der Waals surface area contributed by atoms with Gasteiger partial charge in [0.05, 0.1) is 33.9 Å². The fourth-order valence-corrected chi connectivity index (χ4v) is 2.19. The van der Waals surface area contributed by atoms with E-state index in [9.17, 15) is 17.4 Å². The summed E-state index contributed by atoms with van der Waals surface area (Å²) in [5, 5.41) is 0.215. The van der Waals surface area contributed by atoms with Crippen LogP contribution in [0.2, 0.25) is 5.02 Å². The van der Waals surface area contributed by atoms with Crippen LogP contribution in [-0.2, 0) is 15.5 Å². The van der Waals surface area contributed by atoms with Crippen LogP contribution < -0.4 is 5.73 Å². The summed E-state index contributed by atoms with van der Waals surface area (Å²) in [4.78, 5) is 0.315. The molecule has 0 spiro atoms. The van der Waals surface area contributed by atoms with Gasteiger partial charge in [0.15, 0.2) is 0 Å². The van der Waals surface area contributed by atoms with E-state index in [-0.39, 0.29) is 10.8 Å². The summed E-state index contributed by atoms with van der Waals surface area (Å²) in [6.07, 6.45) is -4.71. The molecule has 1 aromatic carbocycles. The first-order valence-corrected chi connectivity index (χ1v) is 6.13. The Morgan fingerprint density at radius 2 is 2.06 bits per heavy atom. The molecule has 2 N–H and O–H groups in total. The number of nitrogen functional groups attached to an aromatic ring is 1. The molecule has 3 nitrogen and oxygen atoms in total. The van der Waals surface area contributed by atoms with Crippen molar-refractivity contribution in [3.8, 4) is 0 Å². The standard InChI is InChI=1S/C9H9ClF3NO2S/c10-7-5-6(1-2-8(7)14)17(15)4-3-16-9(11,12)13/h1-2,5H,3-4,14H2. The second-order valence-electron chi connectivity index (χ2n) is 3.03. The van der Waals surface area contributed by atoms with E-state index in [2.05, 4.69) is 4.74 Å². The largest absolute Gasteiger partial charge is 0.522 e. The molecule has 0 amide bonds. The van der Waals surface area contributed by atoms with Gasteiger partial charge in [-0.2, -0.15) is 0 Å². The second-order valence-corrected chi connectivity index (χ2v) is 5.01. The summed E-state index contributed by atoms with van der Waals surface area (Å²) in [5.41, 5.74) is 5.76. The Hall–Kier alpha value is -0.790. The first-order chi connectivity index (χ1) is 7.79. The molecule has 0 bridgehead atoms. The molecule has 0 heterocycles. The number of halogens is 4. The van der Waals surface area contributed by atoms with Crippen molar-refractivity contribution in [3.63, 3.8) is 0 Å². The van der Waals surface area contributed by atoms with Crippen molar-refractivity contribution in [2.24, 2.45) is 0 Å². The van der Waals surface area contributed by atoms with Crippen LogP contribution in [0.15, 0.2) is 23.1 Å². The molecular weight excluding hydrogens is 279 g/mol. The van der Waals surface area contributed by atoms with Gasteiger partial charge in [0.25, 0.3) is 0 Å². The summed E-state index contributed by atoms with van der Waals surface area (Å²) >= 11 is 5.69. The maximum Gasteiger partial charge on any atom is 0.522 e. The van der Waals surface area contributed by atoms with E-state index in [4.69, 9.17) is 17.3 Å². The number of hydrogen-bond acceptors (Lipinski definition) is 3. The van der Waals surface area contributed by atoms with Crippen LogP contribution in [0, 0.1) is 0 Å². The normalized spacial score (nSPS) is 13.6. The fraction of sp³-hybridized carbons (Fsp3) is 0.333. The number of ether oxygens (including phenoxy) is 1. The van der Waals surface area contributed by atoms with Crippen LogP contribution in [0.3, 0.4) is 0 Å². The van der Waals surface area contributed by atoms with E-state index >= 15 is 0 Å². The highest BCUT2D eigenvalue weighted by molar-refractivity contribution is 7.85. The molecule has 0 aliphatic rings. The molecule has 0 fully saturated rings. The predicted octanol–water partition coefficient (Wildman–Crippen LogP) is 2.57. The highest BCUT2D eigenvalue weighted by atomic mass is 35.5. The lowest BCUT2D eigenvalue weighted by Crippen LogP contribution is -2.17. The second kappa shape index (κ2) is 5.70. The smallest absolute Gasteiger partial charge is 0.398 e. The average Bonchev–Trinajstić information content (AvgIpc) is 2.20. The van der Waals surface area contributed by atoms with Gasteiger partial charge in [0.1, 0.15) is 0 Å². The van der Waals surface area contributed by atoms with E-state index in [0.29, 0.717) is 10.6 Å². The Balaban J connectivity index is 2.56. The Morgan fingerprint density at radius 1 is 1.41 bits per heavy atom. The van der Waals surface area contributed by atoms with Gasteiger partial charge in [-0.1, -0.05) is 11.6 Å². The van der Waals surface area contributed by atoms with Crippen molar-refractivity contribution in [1.82, 2.24) is 0 Å². The maximum atomic E-state index is 11.7. The lowest BCUT2D eigenvalue weighted by molar-refractivity contribution is -0.322. The quantitative estimate of drug-likeness (QED) is 0.866. The first-order valence-electron chi connectivity index (χ1n) is 4.43. The Bertz CT molecular complexity index is 425. The SMILES string of the molecule is Nc1ccc(S(=O)CCOC(F)(F)F)cc1Cl. The molecule has 1 unspecified atom stereocenters. The van der Waals surface area contributed by atoms with Gasteiger partial charge < -0.3 is 5.73 Å². The maximum absolute atomic E-state index is 11.7. The summed E-state index contributed by atoms with van der Waals surface area (Å²) in [6, 6.07) is 4.26. The Kier molecular flexibility index (Phi) is 4.79. The minimum Gasteiger partial charge on any atom is -0.398 e. The van der Waals surface area contributed by atoms with Gasteiger partial charge in [0.2, 0.25) is 0 Å². The van der Waals surface area contributed by atoms with Crippen LogP contribution >= 0.6 is 11.6 Å². The van der Waals surface area contributed by atoms with Gasteiger partial charge in [-0.05, 0) is 18.2 Å². The summed E-state index contributed by atoms with van der Waals surface area (Å²) < 4.78 is 50.1. The van der Waals surface area contributed by atoms with Gasteiger partial charge in [0, 0.05) is 4.90 Å². The van der Waals surface area contributed by atoms with Crippen molar-refractivity contribution < 1.29 is 22.1 Å². The monoisotopic (exact) mass is 287 g/mol. The van der Waals surface area contributed by atoms with Crippen molar-refractivity contribution >= 4 is 28.1 Å². The van der Waals surface area contributed by atoms with Crippen LogP contribution in [0.4, 0.5) is 18.9 Å². The molecular formula is C9H9ClF3NO2S. The highest BCUT2D eigenvalue weighted by Gasteiger charge is 2.28. The van der Waals surface area contributed by atoms with Crippen molar-refractivity contribution in [3.05, 3.63) is 23.2 Å². The molecule has 0 aliphatic heterocycles. The zero-order valence-electron chi connectivity index (χ0n) is 8.46. The van der Waals surface area contributed by atoms with Gasteiger partial charge >= 0.3 is 6.36 Å². The zero-order chi connectivity index (χ0) is 13.1. The minimum absolute atomic E-state index is 0.215. The molecule has 0 saturated carbocycles. The fourth-order valence-electron chi connectivity index (χ4n) is 1.00. The molecule has 96 valence electrons. The third-order valence-electron chi connectivity index (χ3n) is 1.77. The van der Waals surface area contributed by atoms with Crippen molar-refractivity contribution in [2.75, 3.05) is 18.1 Å². The first kappa shape index (κ1) is 14.3. The predicted molar refractivity (Wildman–Crippen MR) is 59.1 cm³/mol. The van der Waals surface area contributed by atoms with E-state index in [1.807, 2.05) is 0 Å². The van der Waals surface area contributed by atoms with E-state index in [1.165, 1.54) is 18.2 Å². The highest BCUT2D eigenvalue weighted by Crippen LogP contribution is 2.22. The Morgan fingerprint density at radius 3 is 2.59 bits per heavy atom. The van der Waals surface area contributed by atoms with E-state index in [0.717, 1.165) is 0 Å². The van der Waals surface area contributed by atoms with Gasteiger partial charge in [-0.15, -0.1) is 13.2 Å². The summed E-state index contributed by atoms with van der Waals surface area (Å²) in [6.45, 7) is -0.669. The van der Waals surface area contributed by atoms with E-state index < -0.39 is 23.8 Å². The van der Waals surface area contributed by atoms with Gasteiger partial charge in [-0.3, -0.25) is 8.95 Å². The molecule has 17 heavy (non-hydrogen) atoms. The Labute approximate surface area is 103 Å². The molecule has 0 saturated heterocycles. The van der Waals surface area contributed by atoms with Crippen molar-refractivity contribution in [2.45, 2.75) is 11.3 Å². The van der Waals surface area contributed by atoms with Crippen LogP contribution in [0.25, 0.3) is 0 Å². The van der Waals surface area contributed by atoms with Gasteiger partial charge in [-0.25, -0.2) is 0 Å². The van der Waals surface area contributed by atoms with Crippen LogP contribution in [0.5, 0.6) is 0 Å². The molecule has 1 rings (SSSR count). The molecule has 0 aliphatic carbocycles. The number of rotatable bonds is 4. The van der Waals surface area contributed by atoms with Crippen molar-refractivity contribution in [1.29, 1.82) is 0 Å². The number of alkyl halides is 3. The topological polar surface area (TPSA) is 52.3 Å². The number of hydrogen-bond donors (Lipinski definition) is 1. The summed E-state index contributed by atoms with van der Waals surface area (Å²) in [7, 11) is -1.60. The van der Waals surface area contributed by atoms with E-state index in [1.54, 1.807) is 0 Å². The zero-order valence-corrected chi connectivity index (χ0v) is 10.0. The van der Waals surface area contributed by atoms with Crippen LogP contribution in [0.1, 0.15) is 0 Å². The lowest BCUT2D eigenvalue weighted by atomic mass is 10.3. The molecule has 1 atom stereocenters. The third kappa shape index (κ3) is 4.93. The minimum atomic E-state index is -4.71. The number of anilines is 1. The average molecular weight is 288 g/mol. The number of benzene rings is 1. The molecule has 1 aromatic rings. The summed E-state index contributed by atoms with van der Waals surface area (Å²) in [5.74, 6) is -0.264. The third-order valence-corrected chi connectivity index (χ3v) is 3.41. The van der Waals surface area contributed by atoms with Crippen LogP contribution in [-0.4, -0.2) is 22.9 Å².